The Morgan fingerprint density at radius 2 is 2.00 bits per heavy atom. The van der Waals surface area contributed by atoms with Gasteiger partial charge in [-0.3, -0.25) is 5.32 Å². The van der Waals surface area contributed by atoms with Gasteiger partial charge >= 0.3 is 6.09 Å². The number of carbonyl (C=O) groups is 1. The highest BCUT2D eigenvalue weighted by atomic mass is 16.6. The number of benzene rings is 1. The van der Waals surface area contributed by atoms with Crippen molar-refractivity contribution in [3.63, 3.8) is 0 Å². The lowest BCUT2D eigenvalue weighted by atomic mass is 9.89. The first-order valence-corrected chi connectivity index (χ1v) is 7.54. The number of anilines is 1. The first-order valence-electron chi connectivity index (χ1n) is 7.54. The molecule has 1 amide bonds. The molecule has 0 aliphatic heterocycles. The van der Waals surface area contributed by atoms with Gasteiger partial charge in [-0.1, -0.05) is 25.0 Å². The van der Waals surface area contributed by atoms with Gasteiger partial charge in [-0.15, -0.1) is 0 Å². The number of isocyanates is 1. The predicted molar refractivity (Wildman–Crippen MR) is 84.6 cm³/mol. The van der Waals surface area contributed by atoms with Crippen LogP contribution >= 0.6 is 0 Å². The molecule has 118 valence electrons. The monoisotopic (exact) mass is 302 g/mol. The molecule has 5 nitrogen and oxygen atoms in total. The van der Waals surface area contributed by atoms with Crippen LogP contribution in [0.5, 0.6) is 0 Å². The minimum absolute atomic E-state index is 0.493. The average molecular weight is 302 g/mol. The van der Waals surface area contributed by atoms with Gasteiger partial charge in [0.15, 0.2) is 0 Å². The van der Waals surface area contributed by atoms with Crippen LogP contribution in [0.4, 0.5) is 10.5 Å². The van der Waals surface area contributed by atoms with Gasteiger partial charge in [-0.2, -0.15) is 4.99 Å². The van der Waals surface area contributed by atoms with Crippen molar-refractivity contribution in [3.05, 3.63) is 29.8 Å². The second-order valence-electron chi connectivity index (χ2n) is 6.65. The highest BCUT2D eigenvalue weighted by Gasteiger charge is 2.35. The van der Waals surface area contributed by atoms with Crippen molar-refractivity contribution in [2.45, 2.75) is 57.6 Å². The molecular formula is C17H22N2O3. The average Bonchev–Trinajstić information content (AvgIpc) is 2.87. The van der Waals surface area contributed by atoms with Crippen molar-refractivity contribution in [3.8, 4) is 0 Å². The molecule has 1 N–H and O–H groups in total. The van der Waals surface area contributed by atoms with Crippen LogP contribution in [0, 0.1) is 0 Å². The minimum Gasteiger partial charge on any atom is -0.444 e. The molecule has 1 saturated carbocycles. The lowest BCUT2D eigenvalue weighted by Gasteiger charge is -2.24. The van der Waals surface area contributed by atoms with Gasteiger partial charge in [0.05, 0.1) is 5.54 Å². The van der Waals surface area contributed by atoms with Crippen LogP contribution in [-0.4, -0.2) is 17.8 Å². The molecule has 1 fully saturated rings. The Hall–Kier alpha value is -2.13. The van der Waals surface area contributed by atoms with Gasteiger partial charge in [-0.25, -0.2) is 9.59 Å². The third-order valence-electron chi connectivity index (χ3n) is 3.74. The van der Waals surface area contributed by atoms with E-state index in [1.807, 2.05) is 39.0 Å². The summed E-state index contributed by atoms with van der Waals surface area (Å²) in [5, 5.41) is 2.72. The summed E-state index contributed by atoms with van der Waals surface area (Å²) in [6.07, 6.45) is 4.94. The molecule has 0 spiro atoms. The van der Waals surface area contributed by atoms with Crippen molar-refractivity contribution in [2.24, 2.45) is 4.99 Å². The zero-order valence-corrected chi connectivity index (χ0v) is 13.3. The molecule has 1 aliphatic carbocycles. The standard InChI is InChI=1S/C17H22N2O3/c1-16(2,3)22-15(21)19-14-8-6-7-13(11-14)17(18-12-20)9-4-5-10-17/h6-8,11H,4-5,9-10H2,1-3H3,(H,19,21). The van der Waals surface area contributed by atoms with Crippen LogP contribution in [0.1, 0.15) is 52.0 Å². The zero-order chi connectivity index (χ0) is 16.2. The first-order chi connectivity index (χ1) is 10.3. The fraction of sp³-hybridized carbons (Fsp3) is 0.529. The Morgan fingerprint density at radius 3 is 2.59 bits per heavy atom. The Balaban J connectivity index is 2.19. The summed E-state index contributed by atoms with van der Waals surface area (Å²) in [5.41, 5.74) is 0.532. The maximum atomic E-state index is 11.8. The second kappa shape index (κ2) is 6.32. The van der Waals surface area contributed by atoms with Gasteiger partial charge in [-0.05, 0) is 51.3 Å². The molecule has 0 heterocycles. The smallest absolute Gasteiger partial charge is 0.412 e. The highest BCUT2D eigenvalue weighted by molar-refractivity contribution is 5.85. The number of hydrogen-bond donors (Lipinski definition) is 1. The van der Waals surface area contributed by atoms with Crippen molar-refractivity contribution in [1.82, 2.24) is 0 Å². The van der Waals surface area contributed by atoms with E-state index in [-0.39, 0.29) is 0 Å². The zero-order valence-electron chi connectivity index (χ0n) is 13.3. The summed E-state index contributed by atoms with van der Waals surface area (Å²) < 4.78 is 5.24. The van der Waals surface area contributed by atoms with Gasteiger partial charge in [0.1, 0.15) is 5.60 Å². The van der Waals surface area contributed by atoms with E-state index in [9.17, 15) is 9.59 Å². The molecule has 1 aromatic carbocycles. The fourth-order valence-corrected chi connectivity index (χ4v) is 2.82. The molecular weight excluding hydrogens is 280 g/mol. The lowest BCUT2D eigenvalue weighted by molar-refractivity contribution is 0.0636. The van der Waals surface area contributed by atoms with Crippen molar-refractivity contribution >= 4 is 17.9 Å². The largest absolute Gasteiger partial charge is 0.444 e. The van der Waals surface area contributed by atoms with E-state index in [0.29, 0.717) is 5.69 Å². The van der Waals surface area contributed by atoms with Crippen molar-refractivity contribution < 1.29 is 14.3 Å². The van der Waals surface area contributed by atoms with Crippen LogP contribution in [0.2, 0.25) is 0 Å². The second-order valence-corrected chi connectivity index (χ2v) is 6.65. The molecule has 5 heteroatoms. The number of carbonyl (C=O) groups excluding carboxylic acids is 2. The number of ether oxygens (including phenoxy) is 1. The molecule has 2 rings (SSSR count). The van der Waals surface area contributed by atoms with Crippen LogP contribution in [0.25, 0.3) is 0 Å². The van der Waals surface area contributed by atoms with E-state index < -0.39 is 17.2 Å². The van der Waals surface area contributed by atoms with Crippen LogP contribution in [-0.2, 0) is 15.1 Å². The number of hydrogen-bond acceptors (Lipinski definition) is 4. The van der Waals surface area contributed by atoms with Gasteiger partial charge < -0.3 is 4.74 Å². The maximum absolute atomic E-state index is 11.8. The number of aliphatic imine (C=N–C) groups is 1. The molecule has 0 saturated heterocycles. The number of nitrogens with one attached hydrogen (secondary N) is 1. The molecule has 0 aromatic heterocycles. The fourth-order valence-electron chi connectivity index (χ4n) is 2.82. The summed E-state index contributed by atoms with van der Waals surface area (Å²) in [7, 11) is 0. The summed E-state index contributed by atoms with van der Waals surface area (Å²) >= 11 is 0. The predicted octanol–water partition coefficient (Wildman–Crippen LogP) is 4.14. The molecule has 0 radical (unpaired) electrons. The SMILES string of the molecule is CC(C)(C)OC(=O)Nc1cccc(C2(N=C=O)CCCC2)c1. The third kappa shape index (κ3) is 3.95. The normalized spacial score (nSPS) is 16.7. The Morgan fingerprint density at radius 1 is 1.32 bits per heavy atom. The van der Waals surface area contributed by atoms with E-state index in [1.165, 1.54) is 0 Å². The van der Waals surface area contributed by atoms with Crippen molar-refractivity contribution in [1.29, 1.82) is 0 Å². The topological polar surface area (TPSA) is 67.8 Å². The summed E-state index contributed by atoms with van der Waals surface area (Å²) in [4.78, 5) is 26.7. The van der Waals surface area contributed by atoms with Gasteiger partial charge in [0.2, 0.25) is 6.08 Å². The number of rotatable bonds is 3. The third-order valence-corrected chi connectivity index (χ3v) is 3.74. The molecule has 1 aliphatic rings. The molecule has 1 aromatic rings. The summed E-state index contributed by atoms with van der Waals surface area (Å²) in [5.74, 6) is 0. The highest BCUT2D eigenvalue weighted by Crippen LogP contribution is 2.42. The first kappa shape index (κ1) is 16.2. The lowest BCUT2D eigenvalue weighted by Crippen LogP contribution is -2.27. The van der Waals surface area contributed by atoms with Crippen molar-refractivity contribution in [2.75, 3.05) is 5.32 Å². The molecule has 0 unspecified atom stereocenters. The summed E-state index contributed by atoms with van der Waals surface area (Å²) in [6, 6.07) is 7.44. The van der Waals surface area contributed by atoms with Crippen LogP contribution < -0.4 is 5.32 Å². The van der Waals surface area contributed by atoms with E-state index in [4.69, 9.17) is 4.74 Å². The van der Waals surface area contributed by atoms with E-state index in [2.05, 4.69) is 10.3 Å². The molecule has 22 heavy (non-hydrogen) atoms. The van der Waals surface area contributed by atoms with E-state index >= 15 is 0 Å². The quantitative estimate of drug-likeness (QED) is 0.674. The van der Waals surface area contributed by atoms with E-state index in [1.54, 1.807) is 12.1 Å². The molecule has 0 atom stereocenters. The van der Waals surface area contributed by atoms with Crippen LogP contribution in [0.3, 0.4) is 0 Å². The van der Waals surface area contributed by atoms with Gasteiger partial charge in [0.25, 0.3) is 0 Å². The Labute approximate surface area is 130 Å². The summed E-state index contributed by atoms with van der Waals surface area (Å²) in [6.45, 7) is 5.44. The Kier molecular flexibility index (Phi) is 4.67. The van der Waals surface area contributed by atoms with Crippen LogP contribution in [0.15, 0.2) is 29.3 Å². The maximum Gasteiger partial charge on any atom is 0.412 e. The minimum atomic E-state index is -0.545. The Bertz CT molecular complexity index is 592. The molecule has 0 bridgehead atoms. The number of nitrogens with zero attached hydrogens (tertiary/aromatic N) is 1. The van der Waals surface area contributed by atoms with Gasteiger partial charge in [0, 0.05) is 5.69 Å². The van der Waals surface area contributed by atoms with E-state index in [0.717, 1.165) is 31.2 Å². The number of amides is 1.